The minimum absolute atomic E-state index is 0.0709. The number of hydrogen-bond donors (Lipinski definition) is 1. The number of anilines is 1. The fourth-order valence-electron chi connectivity index (χ4n) is 2.19. The Morgan fingerprint density at radius 1 is 1.16 bits per heavy atom. The van der Waals surface area contributed by atoms with Gasteiger partial charge < -0.3 is 5.73 Å². The molecular formula is C15H13N3O. The van der Waals surface area contributed by atoms with Gasteiger partial charge in [0, 0.05) is 5.69 Å². The molecule has 4 heteroatoms. The predicted octanol–water partition coefficient (Wildman–Crippen LogP) is 2.28. The Morgan fingerprint density at radius 3 is 2.74 bits per heavy atom. The molecule has 0 saturated heterocycles. The molecule has 1 heterocycles. The Hall–Kier alpha value is -2.62. The standard InChI is InChI=1S/C15H13N3O/c1-10-8-11(16)6-7-14(10)18-9-17-13-5-3-2-4-12(13)15(18)19/h2-9H,16H2,1H3. The van der Waals surface area contributed by atoms with Gasteiger partial charge in [-0.1, -0.05) is 12.1 Å². The van der Waals surface area contributed by atoms with Crippen molar-refractivity contribution < 1.29 is 0 Å². The highest BCUT2D eigenvalue weighted by Crippen LogP contribution is 2.16. The zero-order chi connectivity index (χ0) is 13.4. The van der Waals surface area contributed by atoms with E-state index in [0.717, 1.165) is 11.3 Å². The van der Waals surface area contributed by atoms with Crippen LogP contribution in [0.5, 0.6) is 0 Å². The van der Waals surface area contributed by atoms with E-state index < -0.39 is 0 Å². The summed E-state index contributed by atoms with van der Waals surface area (Å²) < 4.78 is 1.55. The summed E-state index contributed by atoms with van der Waals surface area (Å²) in [5.41, 5.74) is 8.80. The first-order chi connectivity index (χ1) is 9.16. The fraction of sp³-hybridized carbons (Fsp3) is 0.0667. The van der Waals surface area contributed by atoms with Crippen molar-refractivity contribution in [3.8, 4) is 5.69 Å². The van der Waals surface area contributed by atoms with Gasteiger partial charge >= 0.3 is 0 Å². The van der Waals surface area contributed by atoms with E-state index >= 15 is 0 Å². The molecule has 0 bridgehead atoms. The van der Waals surface area contributed by atoms with E-state index in [4.69, 9.17) is 5.73 Å². The topological polar surface area (TPSA) is 60.9 Å². The normalized spacial score (nSPS) is 10.8. The molecule has 0 fully saturated rings. The van der Waals surface area contributed by atoms with Crippen LogP contribution < -0.4 is 11.3 Å². The number of rotatable bonds is 1. The maximum Gasteiger partial charge on any atom is 0.265 e. The zero-order valence-corrected chi connectivity index (χ0v) is 10.5. The molecule has 0 saturated carbocycles. The quantitative estimate of drug-likeness (QED) is 0.675. The van der Waals surface area contributed by atoms with Gasteiger partial charge in [0.05, 0.1) is 16.6 Å². The van der Waals surface area contributed by atoms with Gasteiger partial charge in [0.1, 0.15) is 6.33 Å². The molecular weight excluding hydrogens is 238 g/mol. The molecule has 3 aromatic rings. The Labute approximate surface area is 110 Å². The van der Waals surface area contributed by atoms with Crippen LogP contribution in [0.1, 0.15) is 5.56 Å². The minimum atomic E-state index is -0.0709. The molecule has 0 unspecified atom stereocenters. The number of nitrogens with two attached hydrogens (primary N) is 1. The molecule has 0 atom stereocenters. The third-order valence-electron chi connectivity index (χ3n) is 3.15. The molecule has 1 aromatic heterocycles. The van der Waals surface area contributed by atoms with E-state index in [2.05, 4.69) is 4.98 Å². The summed E-state index contributed by atoms with van der Waals surface area (Å²) in [5.74, 6) is 0. The van der Waals surface area contributed by atoms with Crippen molar-refractivity contribution in [2.75, 3.05) is 5.73 Å². The van der Waals surface area contributed by atoms with Gasteiger partial charge in [-0.2, -0.15) is 0 Å². The Kier molecular flexibility index (Phi) is 2.56. The van der Waals surface area contributed by atoms with Crippen molar-refractivity contribution in [1.82, 2.24) is 9.55 Å². The number of benzene rings is 2. The van der Waals surface area contributed by atoms with Gasteiger partial charge in [-0.25, -0.2) is 4.98 Å². The lowest BCUT2D eigenvalue weighted by Gasteiger charge is -2.10. The summed E-state index contributed by atoms with van der Waals surface area (Å²) in [7, 11) is 0. The van der Waals surface area contributed by atoms with Gasteiger partial charge in [-0.15, -0.1) is 0 Å². The first-order valence-corrected chi connectivity index (χ1v) is 6.00. The molecule has 3 rings (SSSR count). The summed E-state index contributed by atoms with van der Waals surface area (Å²) in [4.78, 5) is 16.8. The third kappa shape index (κ3) is 1.87. The summed E-state index contributed by atoms with van der Waals surface area (Å²) >= 11 is 0. The largest absolute Gasteiger partial charge is 0.399 e. The average molecular weight is 251 g/mol. The van der Waals surface area contributed by atoms with Crippen LogP contribution in [0.2, 0.25) is 0 Å². The minimum Gasteiger partial charge on any atom is -0.399 e. The molecule has 19 heavy (non-hydrogen) atoms. The van der Waals surface area contributed by atoms with E-state index in [1.54, 1.807) is 23.0 Å². The summed E-state index contributed by atoms with van der Waals surface area (Å²) in [6.07, 6.45) is 1.56. The Balaban J connectivity index is 2.31. The van der Waals surface area contributed by atoms with Crippen LogP contribution in [0.3, 0.4) is 0 Å². The second-order valence-electron chi connectivity index (χ2n) is 4.48. The van der Waals surface area contributed by atoms with E-state index in [9.17, 15) is 4.79 Å². The molecule has 2 N–H and O–H groups in total. The van der Waals surface area contributed by atoms with Crippen molar-refractivity contribution in [2.24, 2.45) is 0 Å². The smallest absolute Gasteiger partial charge is 0.265 e. The van der Waals surface area contributed by atoms with Crippen LogP contribution in [-0.4, -0.2) is 9.55 Å². The molecule has 0 amide bonds. The molecule has 94 valence electrons. The lowest BCUT2D eigenvalue weighted by atomic mass is 10.1. The summed E-state index contributed by atoms with van der Waals surface area (Å²) in [6, 6.07) is 12.8. The van der Waals surface area contributed by atoms with Crippen LogP contribution in [-0.2, 0) is 0 Å². The van der Waals surface area contributed by atoms with Gasteiger partial charge in [0.15, 0.2) is 0 Å². The van der Waals surface area contributed by atoms with Gasteiger partial charge in [0.2, 0.25) is 0 Å². The Bertz CT molecular complexity index is 821. The average Bonchev–Trinajstić information content (AvgIpc) is 2.41. The Morgan fingerprint density at radius 2 is 1.95 bits per heavy atom. The van der Waals surface area contributed by atoms with Gasteiger partial charge in [-0.05, 0) is 42.8 Å². The van der Waals surface area contributed by atoms with E-state index in [0.29, 0.717) is 16.6 Å². The monoisotopic (exact) mass is 251 g/mol. The highest BCUT2D eigenvalue weighted by atomic mass is 16.1. The van der Waals surface area contributed by atoms with Crippen LogP contribution >= 0.6 is 0 Å². The number of nitrogens with zero attached hydrogens (tertiary/aromatic N) is 2. The first kappa shape index (κ1) is 11.5. The van der Waals surface area contributed by atoms with Crippen molar-refractivity contribution in [3.63, 3.8) is 0 Å². The molecule has 0 aliphatic heterocycles. The van der Waals surface area contributed by atoms with E-state index in [-0.39, 0.29) is 5.56 Å². The van der Waals surface area contributed by atoms with E-state index in [1.807, 2.05) is 37.3 Å². The number of hydrogen-bond acceptors (Lipinski definition) is 3. The predicted molar refractivity (Wildman–Crippen MR) is 76.5 cm³/mol. The summed E-state index contributed by atoms with van der Waals surface area (Å²) in [5, 5.41) is 0.612. The molecule has 0 aliphatic rings. The van der Waals surface area contributed by atoms with Crippen LogP contribution in [0.15, 0.2) is 53.6 Å². The molecule has 0 spiro atoms. The molecule has 0 radical (unpaired) electrons. The second kappa shape index (κ2) is 4.24. The third-order valence-corrected chi connectivity index (χ3v) is 3.15. The zero-order valence-electron chi connectivity index (χ0n) is 10.5. The van der Waals surface area contributed by atoms with Crippen molar-refractivity contribution in [2.45, 2.75) is 6.92 Å². The molecule has 4 nitrogen and oxygen atoms in total. The van der Waals surface area contributed by atoms with Crippen LogP contribution in [0.25, 0.3) is 16.6 Å². The highest BCUT2D eigenvalue weighted by molar-refractivity contribution is 5.77. The fourth-order valence-corrected chi connectivity index (χ4v) is 2.19. The molecule has 2 aromatic carbocycles. The lowest BCUT2D eigenvalue weighted by molar-refractivity contribution is 0.953. The highest BCUT2D eigenvalue weighted by Gasteiger charge is 2.07. The maximum atomic E-state index is 12.5. The van der Waals surface area contributed by atoms with Crippen molar-refractivity contribution in [3.05, 3.63) is 64.7 Å². The van der Waals surface area contributed by atoms with Crippen molar-refractivity contribution in [1.29, 1.82) is 0 Å². The maximum absolute atomic E-state index is 12.5. The van der Waals surface area contributed by atoms with Gasteiger partial charge in [-0.3, -0.25) is 9.36 Å². The SMILES string of the molecule is Cc1cc(N)ccc1-n1cnc2ccccc2c1=O. The van der Waals surface area contributed by atoms with Crippen LogP contribution in [0, 0.1) is 6.92 Å². The summed E-state index contributed by atoms with van der Waals surface area (Å²) in [6.45, 7) is 1.92. The first-order valence-electron chi connectivity index (χ1n) is 6.00. The van der Waals surface area contributed by atoms with Crippen molar-refractivity contribution >= 4 is 16.6 Å². The second-order valence-corrected chi connectivity index (χ2v) is 4.48. The van der Waals surface area contributed by atoms with Gasteiger partial charge in [0.25, 0.3) is 5.56 Å². The number of aryl methyl sites for hydroxylation is 1. The number of fused-ring (bicyclic) bond motifs is 1. The van der Waals surface area contributed by atoms with Crippen LogP contribution in [0.4, 0.5) is 5.69 Å². The molecule has 0 aliphatic carbocycles. The number of nitrogen functional groups attached to an aromatic ring is 1. The van der Waals surface area contributed by atoms with E-state index in [1.165, 1.54) is 0 Å². The number of aromatic nitrogens is 2. The number of para-hydroxylation sites is 1. The lowest BCUT2D eigenvalue weighted by Crippen LogP contribution is -2.19.